The number of sulfonamides is 1. The molecule has 0 saturated heterocycles. The van der Waals surface area contributed by atoms with Gasteiger partial charge in [0.1, 0.15) is 12.3 Å². The summed E-state index contributed by atoms with van der Waals surface area (Å²) in [7, 11) is 0.204. The van der Waals surface area contributed by atoms with Crippen LogP contribution in [0.1, 0.15) is 16.1 Å². The molecule has 1 aromatic rings. The van der Waals surface area contributed by atoms with Gasteiger partial charge in [0.2, 0.25) is 5.09 Å². The molecule has 0 aliphatic heterocycles. The van der Waals surface area contributed by atoms with Crippen LogP contribution in [0.4, 0.5) is 0 Å². The van der Waals surface area contributed by atoms with Gasteiger partial charge in [0.15, 0.2) is 0 Å². The van der Waals surface area contributed by atoms with Gasteiger partial charge in [-0.25, -0.2) is 12.7 Å². The zero-order chi connectivity index (χ0) is 15.7. The van der Waals surface area contributed by atoms with Crippen LogP contribution < -0.4 is 0 Å². The predicted molar refractivity (Wildman–Crippen MR) is 68.9 cm³/mol. The molecule has 0 atom stereocenters. The van der Waals surface area contributed by atoms with Crippen LogP contribution >= 0.6 is 0 Å². The lowest BCUT2D eigenvalue weighted by Crippen LogP contribution is -2.32. The Kier molecular flexibility index (Phi) is 4.56. The molecule has 0 aliphatic carbocycles. The number of hydrogen-bond donors (Lipinski definition) is 1. The van der Waals surface area contributed by atoms with Crippen LogP contribution in [0.3, 0.4) is 0 Å². The van der Waals surface area contributed by atoms with Gasteiger partial charge < -0.3 is 14.4 Å². The second kappa shape index (κ2) is 5.63. The standard InChI is InChI=1S/C11H16N2O6S/c1-7-8(11(16)13(4)6-9(14)15)5-10(19-7)20(17,18)12(2)3/h5H,6H2,1-4H3,(H,14,15). The molecule has 20 heavy (non-hydrogen) atoms. The number of aryl methyl sites for hydroxylation is 1. The Morgan fingerprint density at radius 2 is 1.85 bits per heavy atom. The Hall–Kier alpha value is -1.87. The Morgan fingerprint density at radius 3 is 2.30 bits per heavy atom. The summed E-state index contributed by atoms with van der Waals surface area (Å²) in [6.45, 7) is 0.954. The van der Waals surface area contributed by atoms with Gasteiger partial charge in [-0.1, -0.05) is 0 Å². The number of furan rings is 1. The minimum Gasteiger partial charge on any atom is -0.480 e. The van der Waals surface area contributed by atoms with Crippen molar-refractivity contribution < 1.29 is 27.5 Å². The number of carbonyl (C=O) groups excluding carboxylic acids is 1. The number of aliphatic carboxylic acids is 1. The van der Waals surface area contributed by atoms with Crippen LogP contribution in [0.15, 0.2) is 15.6 Å². The average molecular weight is 304 g/mol. The van der Waals surface area contributed by atoms with Gasteiger partial charge in [0.25, 0.3) is 15.9 Å². The van der Waals surface area contributed by atoms with E-state index < -0.39 is 28.4 Å². The van der Waals surface area contributed by atoms with Crippen molar-refractivity contribution in [1.82, 2.24) is 9.21 Å². The SMILES string of the molecule is Cc1oc(S(=O)(=O)N(C)C)cc1C(=O)N(C)CC(=O)O. The summed E-state index contributed by atoms with van der Waals surface area (Å²) in [5.41, 5.74) is 0.0224. The molecule has 8 nitrogen and oxygen atoms in total. The lowest BCUT2D eigenvalue weighted by Gasteiger charge is -2.13. The van der Waals surface area contributed by atoms with Crippen LogP contribution in [0.5, 0.6) is 0 Å². The van der Waals surface area contributed by atoms with E-state index in [9.17, 15) is 18.0 Å². The number of amides is 1. The minimum atomic E-state index is -3.78. The van der Waals surface area contributed by atoms with Gasteiger partial charge in [-0.2, -0.15) is 0 Å². The van der Waals surface area contributed by atoms with Crippen molar-refractivity contribution >= 4 is 21.9 Å². The summed E-state index contributed by atoms with van der Waals surface area (Å²) >= 11 is 0. The van der Waals surface area contributed by atoms with Crippen molar-refractivity contribution in [2.45, 2.75) is 12.0 Å². The Bertz CT molecular complexity index is 631. The van der Waals surface area contributed by atoms with Gasteiger partial charge >= 0.3 is 5.97 Å². The van der Waals surface area contributed by atoms with Gasteiger partial charge in [-0.3, -0.25) is 9.59 Å². The third kappa shape index (κ3) is 3.17. The largest absolute Gasteiger partial charge is 0.480 e. The summed E-state index contributed by atoms with van der Waals surface area (Å²) < 4.78 is 29.8. The molecule has 1 aromatic heterocycles. The highest BCUT2D eigenvalue weighted by Crippen LogP contribution is 2.22. The van der Waals surface area contributed by atoms with E-state index in [-0.39, 0.29) is 16.4 Å². The van der Waals surface area contributed by atoms with Crippen LogP contribution in [-0.4, -0.2) is 62.3 Å². The summed E-state index contributed by atoms with van der Waals surface area (Å²) in [4.78, 5) is 23.5. The van der Waals surface area contributed by atoms with Crippen molar-refractivity contribution in [3.8, 4) is 0 Å². The molecule has 1 heterocycles. The van der Waals surface area contributed by atoms with Gasteiger partial charge in [-0.15, -0.1) is 0 Å². The van der Waals surface area contributed by atoms with E-state index in [0.29, 0.717) is 0 Å². The maximum absolute atomic E-state index is 12.0. The highest BCUT2D eigenvalue weighted by Gasteiger charge is 2.27. The van der Waals surface area contributed by atoms with Crippen LogP contribution in [0.25, 0.3) is 0 Å². The molecule has 0 radical (unpaired) electrons. The number of carboxylic acids is 1. The molecular formula is C11H16N2O6S. The summed E-state index contributed by atoms with van der Waals surface area (Å²) in [6, 6.07) is 1.10. The Labute approximate surface area is 116 Å². The van der Waals surface area contributed by atoms with E-state index in [2.05, 4.69) is 0 Å². The summed E-state index contributed by atoms with van der Waals surface area (Å²) in [6.07, 6.45) is 0. The third-order valence-electron chi connectivity index (χ3n) is 2.58. The van der Waals surface area contributed by atoms with Gasteiger partial charge in [-0.05, 0) is 6.92 Å². The maximum atomic E-state index is 12.0. The quantitative estimate of drug-likeness (QED) is 0.820. The first-order valence-corrected chi connectivity index (χ1v) is 7.01. The third-order valence-corrected chi connectivity index (χ3v) is 4.25. The highest BCUT2D eigenvalue weighted by atomic mass is 32.2. The fourth-order valence-electron chi connectivity index (χ4n) is 1.45. The zero-order valence-corrected chi connectivity index (χ0v) is 12.4. The van der Waals surface area contributed by atoms with Gasteiger partial charge in [0.05, 0.1) is 5.56 Å². The molecule has 1 N–H and O–H groups in total. The number of hydrogen-bond acceptors (Lipinski definition) is 5. The van der Waals surface area contributed by atoms with Crippen LogP contribution in [0, 0.1) is 6.92 Å². The maximum Gasteiger partial charge on any atom is 0.323 e. The highest BCUT2D eigenvalue weighted by molar-refractivity contribution is 7.88. The number of rotatable bonds is 5. The minimum absolute atomic E-state index is 0.0224. The van der Waals surface area contributed by atoms with E-state index >= 15 is 0 Å². The Balaban J connectivity index is 3.14. The van der Waals surface area contributed by atoms with E-state index in [1.54, 1.807) is 0 Å². The molecular weight excluding hydrogens is 288 g/mol. The van der Waals surface area contributed by atoms with Crippen molar-refractivity contribution in [2.24, 2.45) is 0 Å². The van der Waals surface area contributed by atoms with Crippen molar-refractivity contribution in [1.29, 1.82) is 0 Å². The van der Waals surface area contributed by atoms with Crippen molar-refractivity contribution in [2.75, 3.05) is 27.7 Å². The molecule has 0 fully saturated rings. The molecule has 0 unspecified atom stereocenters. The van der Waals surface area contributed by atoms with Gasteiger partial charge in [0, 0.05) is 27.2 Å². The number of nitrogens with zero attached hydrogens (tertiary/aromatic N) is 2. The molecule has 1 amide bonds. The van der Waals surface area contributed by atoms with E-state index in [1.807, 2.05) is 0 Å². The molecule has 0 spiro atoms. The van der Waals surface area contributed by atoms with E-state index in [1.165, 1.54) is 28.1 Å². The zero-order valence-electron chi connectivity index (χ0n) is 11.6. The Morgan fingerprint density at radius 1 is 1.30 bits per heavy atom. The van der Waals surface area contributed by atoms with E-state index in [4.69, 9.17) is 9.52 Å². The molecule has 0 aliphatic rings. The molecule has 9 heteroatoms. The predicted octanol–water partition coefficient (Wildman–Crippen LogP) is -0.00508. The molecule has 0 bridgehead atoms. The normalized spacial score (nSPS) is 11.7. The molecule has 0 aromatic carbocycles. The topological polar surface area (TPSA) is 108 Å². The monoisotopic (exact) mass is 304 g/mol. The fourth-order valence-corrected chi connectivity index (χ4v) is 2.31. The smallest absolute Gasteiger partial charge is 0.323 e. The first-order chi connectivity index (χ1) is 9.07. The second-order valence-corrected chi connectivity index (χ2v) is 6.46. The molecule has 1 rings (SSSR count). The first kappa shape index (κ1) is 16.2. The molecule has 112 valence electrons. The average Bonchev–Trinajstić information content (AvgIpc) is 2.69. The van der Waals surface area contributed by atoms with E-state index in [0.717, 1.165) is 15.3 Å². The summed E-state index contributed by atoms with van der Waals surface area (Å²) in [5, 5.41) is 8.28. The number of likely N-dealkylation sites (N-methyl/N-ethyl adjacent to an activating group) is 1. The second-order valence-electron chi connectivity index (χ2n) is 4.38. The number of carboxylic acid groups (broad SMARTS) is 1. The van der Waals surface area contributed by atoms with Crippen LogP contribution in [-0.2, 0) is 14.8 Å². The molecule has 0 saturated carbocycles. The fraction of sp³-hybridized carbons (Fsp3) is 0.455. The van der Waals surface area contributed by atoms with Crippen molar-refractivity contribution in [3.05, 3.63) is 17.4 Å². The lowest BCUT2D eigenvalue weighted by atomic mass is 10.2. The van der Waals surface area contributed by atoms with Crippen molar-refractivity contribution in [3.63, 3.8) is 0 Å². The lowest BCUT2D eigenvalue weighted by molar-refractivity contribution is -0.137. The van der Waals surface area contributed by atoms with Crippen LogP contribution in [0.2, 0.25) is 0 Å². The number of carbonyl (C=O) groups is 2. The first-order valence-electron chi connectivity index (χ1n) is 5.57. The summed E-state index contributed by atoms with van der Waals surface area (Å²) in [5.74, 6) is -1.66.